The van der Waals surface area contributed by atoms with Gasteiger partial charge in [0.05, 0.1) is 0 Å². The molecule has 0 aliphatic rings. The number of hydrogen-bond acceptors (Lipinski definition) is 0. The first-order chi connectivity index (χ1) is 14.1. The molecule has 0 saturated carbocycles. The molecule has 0 saturated heterocycles. The number of aryl methyl sites for hydroxylation is 4. The minimum Gasteiger partial charge on any atom is -1.00 e. The van der Waals surface area contributed by atoms with Crippen LogP contribution in [-0.4, -0.2) is 0 Å². The molecule has 0 fully saturated rings. The minimum absolute atomic E-state index is 0. The van der Waals surface area contributed by atoms with E-state index >= 15 is 0 Å². The largest absolute Gasteiger partial charge is 4.00 e. The maximum absolute atomic E-state index is 2.36. The molecule has 0 N–H and O–H groups in total. The zero-order valence-electron chi connectivity index (χ0n) is 19.5. The molecule has 0 unspecified atom stereocenters. The summed E-state index contributed by atoms with van der Waals surface area (Å²) in [5, 5.41) is 0. The summed E-state index contributed by atoms with van der Waals surface area (Å²) in [4.78, 5) is 0. The quantitative estimate of drug-likeness (QED) is 0.163. The third kappa shape index (κ3) is 6.00. The van der Waals surface area contributed by atoms with Crippen LogP contribution in [0.15, 0.2) is 91.0 Å². The number of benzene rings is 3. The average Bonchev–Trinajstić information content (AvgIpc) is 3.18. The van der Waals surface area contributed by atoms with Crippen molar-refractivity contribution in [2.75, 3.05) is 0 Å². The number of rotatable bonds is 5. The van der Waals surface area contributed by atoms with Gasteiger partial charge in [-0.05, 0) is 37.5 Å². The Hall–Kier alpha value is -1.41. The van der Waals surface area contributed by atoms with Crippen LogP contribution in [0.25, 0.3) is 0 Å². The number of hydrogen-bond donors (Lipinski definition) is 0. The topological polar surface area (TPSA) is 0 Å². The van der Waals surface area contributed by atoms with Gasteiger partial charge in [0, 0.05) is 5.41 Å². The van der Waals surface area contributed by atoms with Crippen LogP contribution in [0.3, 0.4) is 0 Å². The van der Waals surface area contributed by atoms with Gasteiger partial charge in [0.1, 0.15) is 0 Å². The van der Waals surface area contributed by atoms with Crippen LogP contribution in [0.1, 0.15) is 51.4 Å². The Morgan fingerprint density at radius 3 is 1.33 bits per heavy atom. The summed E-state index contributed by atoms with van der Waals surface area (Å²) < 4.78 is 0. The zero-order chi connectivity index (χ0) is 20.4. The molecule has 4 aromatic carbocycles. The summed E-state index contributed by atoms with van der Waals surface area (Å²) in [6.45, 7) is 8.82. The van der Waals surface area contributed by atoms with Gasteiger partial charge >= 0.3 is 21.7 Å². The fourth-order valence-electron chi connectivity index (χ4n) is 4.73. The fraction of sp³-hybridized carbons (Fsp3) is 0.207. The normalized spacial score (nSPS) is 10.2. The third-order valence-electron chi connectivity index (χ3n) is 6.04. The van der Waals surface area contributed by atoms with Crippen molar-refractivity contribution in [3.63, 3.8) is 0 Å². The standard InChI is InChI=1S/C29H29.3ClH.Ti/c1-5-24-13-9-17-28(24)29(25-14-6-10-21(2)18-25,26-15-7-11-22(3)19-26)27-16-8-12-23(4)20-27;;;;/h6-20H,5H2,1-4H3;3*1H;/q-1;;;;+4/p-3. The molecule has 4 aromatic rings. The second-order valence-corrected chi connectivity index (χ2v) is 8.18. The molecule has 0 spiro atoms. The van der Waals surface area contributed by atoms with Crippen molar-refractivity contribution in [3.8, 4) is 0 Å². The molecule has 0 nitrogen and oxygen atoms in total. The Morgan fingerprint density at radius 1 is 0.606 bits per heavy atom. The Balaban J connectivity index is 0.00000256. The van der Waals surface area contributed by atoms with Crippen molar-refractivity contribution in [2.45, 2.75) is 39.5 Å². The molecule has 170 valence electrons. The minimum atomic E-state index is -0.334. The van der Waals surface area contributed by atoms with Gasteiger partial charge in [-0.1, -0.05) is 103 Å². The van der Waals surface area contributed by atoms with E-state index in [-0.39, 0.29) is 64.4 Å². The first kappa shape index (κ1) is 31.6. The summed E-state index contributed by atoms with van der Waals surface area (Å²) in [6.07, 6.45) is 1.02. The molecule has 0 atom stereocenters. The molecule has 4 rings (SSSR count). The summed E-state index contributed by atoms with van der Waals surface area (Å²) in [7, 11) is 0. The Labute approximate surface area is 232 Å². The van der Waals surface area contributed by atoms with E-state index in [0.717, 1.165) is 6.42 Å². The van der Waals surface area contributed by atoms with Crippen molar-refractivity contribution < 1.29 is 58.9 Å². The van der Waals surface area contributed by atoms with Crippen LogP contribution in [0, 0.1) is 20.8 Å². The SMILES string of the molecule is CCc1ccc[c-]1C(c1cccc(C)c1)(c1cccc(C)c1)c1cccc(C)c1.[Cl-].[Cl-].[Cl-].[Ti+4]. The van der Waals surface area contributed by atoms with Crippen molar-refractivity contribution in [1.82, 2.24) is 0 Å². The molecule has 0 radical (unpaired) electrons. The van der Waals surface area contributed by atoms with Gasteiger partial charge in [-0.3, -0.25) is 0 Å². The second kappa shape index (κ2) is 13.5. The Morgan fingerprint density at radius 2 is 1.00 bits per heavy atom. The van der Waals surface area contributed by atoms with Gasteiger partial charge < -0.3 is 37.2 Å². The Kier molecular flexibility index (Phi) is 12.9. The van der Waals surface area contributed by atoms with Crippen LogP contribution in [0.4, 0.5) is 0 Å². The molecule has 0 aliphatic carbocycles. The summed E-state index contributed by atoms with van der Waals surface area (Å²) >= 11 is 0. The molecule has 4 heteroatoms. The van der Waals surface area contributed by atoms with Crippen LogP contribution in [0.2, 0.25) is 0 Å². The van der Waals surface area contributed by atoms with Crippen molar-refractivity contribution >= 4 is 0 Å². The van der Waals surface area contributed by atoms with Gasteiger partial charge in [-0.25, -0.2) is 12.1 Å². The van der Waals surface area contributed by atoms with Gasteiger partial charge in [0.15, 0.2) is 0 Å². The van der Waals surface area contributed by atoms with E-state index in [4.69, 9.17) is 0 Å². The van der Waals surface area contributed by atoms with E-state index in [1.54, 1.807) is 0 Å². The average molecular weight is 532 g/mol. The molecular weight excluding hydrogens is 503 g/mol. The van der Waals surface area contributed by atoms with Gasteiger partial charge in [0.2, 0.25) is 0 Å². The van der Waals surface area contributed by atoms with E-state index in [9.17, 15) is 0 Å². The van der Waals surface area contributed by atoms with Crippen LogP contribution < -0.4 is 37.2 Å². The summed E-state index contributed by atoms with van der Waals surface area (Å²) in [6, 6.07) is 33.9. The van der Waals surface area contributed by atoms with E-state index in [1.807, 2.05) is 0 Å². The van der Waals surface area contributed by atoms with Crippen LogP contribution >= 0.6 is 0 Å². The number of halogens is 3. The van der Waals surface area contributed by atoms with Gasteiger partial charge in [-0.15, -0.1) is 5.56 Å². The molecule has 33 heavy (non-hydrogen) atoms. The van der Waals surface area contributed by atoms with Crippen molar-refractivity contribution in [3.05, 3.63) is 136 Å². The fourth-order valence-corrected chi connectivity index (χ4v) is 4.73. The Bertz CT molecular complexity index is 1040. The predicted octanol–water partition coefficient (Wildman–Crippen LogP) is -1.71. The van der Waals surface area contributed by atoms with Crippen molar-refractivity contribution in [2.24, 2.45) is 0 Å². The van der Waals surface area contributed by atoms with Crippen LogP contribution in [-0.2, 0) is 33.6 Å². The molecular formula is C29H29Cl3Ti. The molecule has 0 aromatic heterocycles. The van der Waals surface area contributed by atoms with Crippen molar-refractivity contribution in [1.29, 1.82) is 0 Å². The van der Waals surface area contributed by atoms with Crippen LogP contribution in [0.5, 0.6) is 0 Å². The van der Waals surface area contributed by atoms with Gasteiger partial charge in [-0.2, -0.15) is 11.6 Å². The monoisotopic (exact) mass is 530 g/mol. The predicted molar refractivity (Wildman–Crippen MR) is 124 cm³/mol. The first-order valence-corrected chi connectivity index (χ1v) is 10.5. The van der Waals surface area contributed by atoms with E-state index in [0.29, 0.717) is 0 Å². The maximum atomic E-state index is 2.36. The molecule has 0 aliphatic heterocycles. The molecule has 0 bridgehead atoms. The first-order valence-electron chi connectivity index (χ1n) is 10.5. The smallest absolute Gasteiger partial charge is 1.00 e. The van der Waals surface area contributed by atoms with E-state index < -0.39 is 0 Å². The summed E-state index contributed by atoms with van der Waals surface area (Å²) in [5.41, 5.74) is 10.3. The summed E-state index contributed by atoms with van der Waals surface area (Å²) in [5.74, 6) is 0. The maximum Gasteiger partial charge on any atom is 4.00 e. The third-order valence-corrected chi connectivity index (χ3v) is 6.04. The van der Waals surface area contributed by atoms with Gasteiger partial charge in [0.25, 0.3) is 0 Å². The second-order valence-electron chi connectivity index (χ2n) is 8.18. The van der Waals surface area contributed by atoms with E-state index in [2.05, 4.69) is 119 Å². The van der Waals surface area contributed by atoms with E-state index in [1.165, 1.54) is 44.5 Å². The zero-order valence-corrected chi connectivity index (χ0v) is 23.3. The molecule has 0 amide bonds. The molecule has 0 heterocycles.